The molecule has 0 N–H and O–H groups in total. The molecule has 1 aliphatic carbocycles. The fourth-order valence-electron chi connectivity index (χ4n) is 8.31. The first kappa shape index (κ1) is 39.1. The minimum atomic E-state index is 0.735. The van der Waals surface area contributed by atoms with Gasteiger partial charge in [0.15, 0.2) is 0 Å². The van der Waals surface area contributed by atoms with E-state index in [4.69, 9.17) is 9.47 Å². The topological polar surface area (TPSA) is 28.2 Å². The van der Waals surface area contributed by atoms with E-state index < -0.39 is 0 Å². The fourth-order valence-corrected chi connectivity index (χ4v) is 8.31. The van der Waals surface area contributed by atoms with E-state index in [2.05, 4.69) is 128 Å². The second kappa shape index (κ2) is 21.4. The van der Waals surface area contributed by atoms with Crippen LogP contribution in [0.1, 0.15) is 101 Å². The summed E-state index contributed by atoms with van der Waals surface area (Å²) in [5.74, 6) is 4.41. The van der Waals surface area contributed by atoms with Crippen molar-refractivity contribution in [2.75, 3.05) is 66.6 Å². The predicted octanol–water partition coefficient (Wildman–Crippen LogP) is 10.1. The van der Waals surface area contributed by atoms with Gasteiger partial charge in [0.05, 0.1) is 13.2 Å². The molecular weight excluding hydrogens is 627 g/mol. The first-order valence-electron chi connectivity index (χ1n) is 20.2. The zero-order valence-electron chi connectivity index (χ0n) is 32.4. The smallest absolute Gasteiger partial charge is 0.119 e. The van der Waals surface area contributed by atoms with Crippen LogP contribution in [0.5, 0.6) is 11.5 Å². The van der Waals surface area contributed by atoms with Crippen LogP contribution in [0.4, 0.5) is 0 Å². The zero-order chi connectivity index (χ0) is 35.7. The van der Waals surface area contributed by atoms with Gasteiger partial charge in [0.1, 0.15) is 11.5 Å². The highest BCUT2D eigenvalue weighted by atomic mass is 16.5. The van der Waals surface area contributed by atoms with E-state index in [1.807, 2.05) is 6.07 Å². The largest absolute Gasteiger partial charge is 0.494 e. The number of likely N-dealkylation sites (tertiary alicyclic amines) is 2. The molecular formula is C46H67N3O2. The molecule has 2 saturated heterocycles. The third kappa shape index (κ3) is 14.1. The molecule has 0 amide bonds. The van der Waals surface area contributed by atoms with Gasteiger partial charge in [0, 0.05) is 32.2 Å². The van der Waals surface area contributed by atoms with Crippen LogP contribution < -0.4 is 9.47 Å². The Morgan fingerprint density at radius 3 is 1.73 bits per heavy atom. The van der Waals surface area contributed by atoms with E-state index in [1.165, 1.54) is 101 Å². The van der Waals surface area contributed by atoms with Crippen LogP contribution in [-0.2, 0) is 0 Å². The molecule has 51 heavy (non-hydrogen) atoms. The highest BCUT2D eigenvalue weighted by Crippen LogP contribution is 2.35. The number of benzene rings is 3. The Morgan fingerprint density at radius 2 is 1.16 bits per heavy atom. The zero-order valence-corrected chi connectivity index (χ0v) is 32.4. The van der Waals surface area contributed by atoms with E-state index in [0.29, 0.717) is 0 Å². The van der Waals surface area contributed by atoms with Crippen molar-refractivity contribution < 1.29 is 9.47 Å². The van der Waals surface area contributed by atoms with E-state index in [1.54, 1.807) is 0 Å². The predicted molar refractivity (Wildman–Crippen MR) is 217 cm³/mol. The molecule has 0 unspecified atom stereocenters. The molecule has 0 radical (unpaired) electrons. The molecule has 2 aliphatic heterocycles. The van der Waals surface area contributed by atoms with Gasteiger partial charge in [0.2, 0.25) is 0 Å². The van der Waals surface area contributed by atoms with Gasteiger partial charge in [-0.1, -0.05) is 87.0 Å². The van der Waals surface area contributed by atoms with Gasteiger partial charge in [-0.3, -0.25) is 0 Å². The van der Waals surface area contributed by atoms with E-state index in [0.717, 1.165) is 67.9 Å². The summed E-state index contributed by atoms with van der Waals surface area (Å²) >= 11 is 0. The summed E-state index contributed by atoms with van der Waals surface area (Å²) in [6, 6.07) is 28.4. The second-order valence-electron chi connectivity index (χ2n) is 15.9. The van der Waals surface area contributed by atoms with Gasteiger partial charge in [-0.15, -0.1) is 0 Å². The van der Waals surface area contributed by atoms with Crippen molar-refractivity contribution in [1.82, 2.24) is 14.7 Å². The SMILES string of the molecule is C(=Cc1ccc(OCCCN2CCCCC2)cc1)c1ccccc1.C[C@H]1C[C@H](C)CN(CCCOc2ccc(C3CCC(N(C)C)CC3)cc2)C1. The van der Waals surface area contributed by atoms with Gasteiger partial charge in [-0.2, -0.15) is 0 Å². The van der Waals surface area contributed by atoms with E-state index in [-0.39, 0.29) is 0 Å². The third-order valence-corrected chi connectivity index (χ3v) is 11.1. The summed E-state index contributed by atoms with van der Waals surface area (Å²) in [5, 5.41) is 0. The maximum absolute atomic E-state index is 6.01. The van der Waals surface area contributed by atoms with E-state index in [9.17, 15) is 0 Å². The summed E-state index contributed by atoms with van der Waals surface area (Å²) in [6.07, 6.45) is 17.3. The Bertz CT molecular complexity index is 1370. The lowest BCUT2D eigenvalue weighted by atomic mass is 9.81. The minimum absolute atomic E-state index is 0.735. The lowest BCUT2D eigenvalue weighted by Crippen LogP contribution is -2.39. The Kier molecular flexibility index (Phi) is 16.4. The normalized spacial score (nSPS) is 23.2. The monoisotopic (exact) mass is 694 g/mol. The molecule has 3 aliphatic rings. The Morgan fingerprint density at radius 1 is 0.627 bits per heavy atom. The van der Waals surface area contributed by atoms with Crippen molar-refractivity contribution in [2.24, 2.45) is 11.8 Å². The van der Waals surface area contributed by atoms with Gasteiger partial charge in [-0.25, -0.2) is 0 Å². The molecule has 2 atom stereocenters. The van der Waals surface area contributed by atoms with Crippen LogP contribution in [0.15, 0.2) is 78.9 Å². The molecule has 0 bridgehead atoms. The molecule has 2 heterocycles. The van der Waals surface area contributed by atoms with Crippen LogP contribution >= 0.6 is 0 Å². The molecule has 3 aromatic carbocycles. The van der Waals surface area contributed by atoms with Crippen LogP contribution in [-0.4, -0.2) is 87.3 Å². The number of piperidine rings is 2. The van der Waals surface area contributed by atoms with Crippen molar-refractivity contribution in [3.63, 3.8) is 0 Å². The molecule has 0 spiro atoms. The molecule has 3 fully saturated rings. The van der Waals surface area contributed by atoms with Crippen LogP contribution in [0.25, 0.3) is 12.2 Å². The van der Waals surface area contributed by atoms with Crippen molar-refractivity contribution in [2.45, 2.75) is 90.0 Å². The van der Waals surface area contributed by atoms with Crippen LogP contribution in [0, 0.1) is 11.8 Å². The Labute approximate surface area is 311 Å². The molecule has 5 nitrogen and oxygen atoms in total. The summed E-state index contributed by atoms with van der Waals surface area (Å²) in [7, 11) is 4.42. The highest BCUT2D eigenvalue weighted by Gasteiger charge is 2.24. The quantitative estimate of drug-likeness (QED) is 0.124. The number of nitrogens with zero attached hydrogens (tertiary/aromatic N) is 3. The summed E-state index contributed by atoms with van der Waals surface area (Å²) in [5.41, 5.74) is 3.91. The average molecular weight is 694 g/mol. The summed E-state index contributed by atoms with van der Waals surface area (Å²) in [6.45, 7) is 13.8. The van der Waals surface area contributed by atoms with Crippen molar-refractivity contribution in [3.05, 3.63) is 95.6 Å². The molecule has 3 aromatic rings. The first-order chi connectivity index (χ1) is 24.9. The first-order valence-corrected chi connectivity index (χ1v) is 20.2. The number of hydrogen-bond acceptors (Lipinski definition) is 5. The Hall–Kier alpha value is -3.12. The van der Waals surface area contributed by atoms with E-state index >= 15 is 0 Å². The molecule has 6 rings (SSSR count). The lowest BCUT2D eigenvalue weighted by Gasteiger charge is -2.34. The highest BCUT2D eigenvalue weighted by molar-refractivity contribution is 5.69. The molecule has 0 aromatic heterocycles. The third-order valence-electron chi connectivity index (χ3n) is 11.1. The standard InChI is InChI=1S/C24H40N2O.C22H27NO/c1-19-16-20(2)18-26(17-19)14-5-15-27-24-12-8-22(9-13-24)21-6-10-23(11-7-21)25(3)4;1-3-8-20(9-4-1)10-11-21-12-14-22(15-13-21)24-19-7-18-23-16-5-2-6-17-23/h8-9,12-13,19-21,23H,5-7,10-11,14-18H2,1-4H3;1,3-4,8-15H,2,5-7,16-19H2/t19-,20-,21?,23?;/m0./s1. The lowest BCUT2D eigenvalue weighted by molar-refractivity contribution is 0.132. The minimum Gasteiger partial charge on any atom is -0.494 e. The second-order valence-corrected chi connectivity index (χ2v) is 15.9. The number of hydrogen-bond donors (Lipinski definition) is 0. The summed E-state index contributed by atoms with van der Waals surface area (Å²) < 4.78 is 11.9. The van der Waals surface area contributed by atoms with Gasteiger partial charge < -0.3 is 24.2 Å². The average Bonchev–Trinajstić information content (AvgIpc) is 3.16. The maximum atomic E-state index is 6.01. The van der Waals surface area contributed by atoms with Crippen LogP contribution in [0.3, 0.4) is 0 Å². The Balaban J connectivity index is 0.000000199. The van der Waals surface area contributed by atoms with Crippen LogP contribution in [0.2, 0.25) is 0 Å². The molecule has 1 saturated carbocycles. The van der Waals surface area contributed by atoms with Crippen molar-refractivity contribution in [3.8, 4) is 11.5 Å². The summed E-state index contributed by atoms with van der Waals surface area (Å²) in [4.78, 5) is 7.57. The van der Waals surface area contributed by atoms with Gasteiger partial charge >= 0.3 is 0 Å². The van der Waals surface area contributed by atoms with Crippen molar-refractivity contribution >= 4 is 12.2 Å². The fraction of sp³-hybridized carbons (Fsp3) is 0.565. The van der Waals surface area contributed by atoms with Gasteiger partial charge in [-0.05, 0) is 144 Å². The number of ether oxygens (including phenoxy) is 2. The number of rotatable bonds is 14. The maximum Gasteiger partial charge on any atom is 0.119 e. The van der Waals surface area contributed by atoms with Crippen molar-refractivity contribution in [1.29, 1.82) is 0 Å². The molecule has 5 heteroatoms. The molecule has 278 valence electrons. The van der Waals surface area contributed by atoms with Gasteiger partial charge in [0.25, 0.3) is 0 Å².